The van der Waals surface area contributed by atoms with Gasteiger partial charge in [0.25, 0.3) is 5.91 Å². The number of para-hydroxylation sites is 1. The fraction of sp³-hybridized carbons (Fsp3) is 0.333. The zero-order valence-corrected chi connectivity index (χ0v) is 16.7. The first kappa shape index (κ1) is 19.8. The molecular formula is C21H23ClN2O2S. The van der Waals surface area contributed by atoms with Crippen LogP contribution in [0.3, 0.4) is 0 Å². The minimum Gasteiger partial charge on any atom is -0.339 e. The zero-order valence-electron chi connectivity index (χ0n) is 15.1. The molecule has 0 spiro atoms. The number of carbonyl (C=O) groups excluding carboxylic acids is 2. The molecule has 4 nitrogen and oxygen atoms in total. The normalized spacial score (nSPS) is 13.6. The second kappa shape index (κ2) is 9.81. The molecule has 2 amide bonds. The standard InChI is InChI=1S/C21H23ClN2O2S/c22-16-9-11-17(12-10-16)27-15-5-8-20(25)23-19-7-2-1-6-18(19)21(26)24-13-3-4-14-24/h1-2,6-7,9-12H,3-5,8,13-15H2,(H,23,25). The van der Waals surface area contributed by atoms with E-state index < -0.39 is 0 Å². The molecule has 6 heteroatoms. The van der Waals surface area contributed by atoms with Crippen LogP contribution in [0.15, 0.2) is 53.4 Å². The van der Waals surface area contributed by atoms with Crippen molar-refractivity contribution in [3.63, 3.8) is 0 Å². The smallest absolute Gasteiger partial charge is 0.255 e. The van der Waals surface area contributed by atoms with Crippen LogP contribution in [0.2, 0.25) is 5.02 Å². The van der Waals surface area contributed by atoms with Crippen LogP contribution in [0, 0.1) is 0 Å². The highest BCUT2D eigenvalue weighted by atomic mass is 35.5. The van der Waals surface area contributed by atoms with Crippen molar-refractivity contribution in [1.29, 1.82) is 0 Å². The fourth-order valence-electron chi connectivity index (χ4n) is 3.04. The Hall–Kier alpha value is -1.98. The van der Waals surface area contributed by atoms with Gasteiger partial charge in [-0.2, -0.15) is 0 Å². The summed E-state index contributed by atoms with van der Waals surface area (Å²) >= 11 is 7.58. The van der Waals surface area contributed by atoms with Gasteiger partial charge in [-0.3, -0.25) is 9.59 Å². The summed E-state index contributed by atoms with van der Waals surface area (Å²) < 4.78 is 0. The molecule has 0 bridgehead atoms. The summed E-state index contributed by atoms with van der Waals surface area (Å²) in [6, 6.07) is 14.9. The van der Waals surface area contributed by atoms with Crippen LogP contribution in [0.5, 0.6) is 0 Å². The number of benzene rings is 2. The number of anilines is 1. The average Bonchev–Trinajstić information content (AvgIpc) is 3.21. The lowest BCUT2D eigenvalue weighted by Gasteiger charge is -2.18. The van der Waals surface area contributed by atoms with Gasteiger partial charge in [-0.15, -0.1) is 11.8 Å². The third-order valence-electron chi connectivity index (χ3n) is 4.46. The summed E-state index contributed by atoms with van der Waals surface area (Å²) in [5.41, 5.74) is 1.17. The Balaban J connectivity index is 1.49. The Kier molecular flexibility index (Phi) is 7.18. The van der Waals surface area contributed by atoms with Crippen molar-refractivity contribution in [3.8, 4) is 0 Å². The Morgan fingerprint density at radius 3 is 2.48 bits per heavy atom. The maximum atomic E-state index is 12.7. The molecule has 1 heterocycles. The number of carbonyl (C=O) groups is 2. The molecular weight excluding hydrogens is 380 g/mol. The Bertz CT molecular complexity index is 789. The number of hydrogen-bond acceptors (Lipinski definition) is 3. The second-order valence-electron chi connectivity index (χ2n) is 6.50. The van der Waals surface area contributed by atoms with Crippen LogP contribution >= 0.6 is 23.4 Å². The molecule has 27 heavy (non-hydrogen) atoms. The predicted molar refractivity (Wildman–Crippen MR) is 112 cm³/mol. The highest BCUT2D eigenvalue weighted by Crippen LogP contribution is 2.23. The Morgan fingerprint density at radius 2 is 1.74 bits per heavy atom. The summed E-state index contributed by atoms with van der Waals surface area (Å²) in [4.78, 5) is 27.9. The lowest BCUT2D eigenvalue weighted by Crippen LogP contribution is -2.28. The van der Waals surface area contributed by atoms with Gasteiger partial charge in [-0.25, -0.2) is 0 Å². The highest BCUT2D eigenvalue weighted by Gasteiger charge is 2.22. The minimum absolute atomic E-state index is 0.00157. The SMILES string of the molecule is O=C(CCCSc1ccc(Cl)cc1)Nc1ccccc1C(=O)N1CCCC1. The van der Waals surface area contributed by atoms with Gasteiger partial charge in [0.2, 0.25) is 5.91 Å². The van der Waals surface area contributed by atoms with Gasteiger partial charge in [0.1, 0.15) is 0 Å². The highest BCUT2D eigenvalue weighted by molar-refractivity contribution is 7.99. The van der Waals surface area contributed by atoms with Crippen molar-refractivity contribution in [3.05, 3.63) is 59.1 Å². The summed E-state index contributed by atoms with van der Waals surface area (Å²) in [7, 11) is 0. The lowest BCUT2D eigenvalue weighted by molar-refractivity contribution is -0.116. The van der Waals surface area contributed by atoms with E-state index in [9.17, 15) is 9.59 Å². The largest absolute Gasteiger partial charge is 0.339 e. The topological polar surface area (TPSA) is 49.4 Å². The van der Waals surface area contributed by atoms with Crippen LogP contribution in [0.4, 0.5) is 5.69 Å². The van der Waals surface area contributed by atoms with Gasteiger partial charge < -0.3 is 10.2 Å². The van der Waals surface area contributed by atoms with Gasteiger partial charge in [0.15, 0.2) is 0 Å². The summed E-state index contributed by atoms with van der Waals surface area (Å²) in [5.74, 6) is 0.790. The monoisotopic (exact) mass is 402 g/mol. The van der Waals surface area contributed by atoms with Gasteiger partial charge in [0, 0.05) is 29.4 Å². The average molecular weight is 403 g/mol. The summed E-state index contributed by atoms with van der Waals surface area (Å²) in [6.07, 6.45) is 3.28. The van der Waals surface area contributed by atoms with Crippen molar-refractivity contribution >= 4 is 40.9 Å². The van der Waals surface area contributed by atoms with Gasteiger partial charge in [-0.05, 0) is 61.4 Å². The van der Waals surface area contributed by atoms with E-state index in [4.69, 9.17) is 11.6 Å². The summed E-state index contributed by atoms with van der Waals surface area (Å²) in [6.45, 7) is 1.59. The number of thioether (sulfide) groups is 1. The van der Waals surface area contributed by atoms with Gasteiger partial charge in [-0.1, -0.05) is 23.7 Å². The Labute approximate surface area is 169 Å². The van der Waals surface area contributed by atoms with E-state index >= 15 is 0 Å². The molecule has 2 aromatic carbocycles. The number of nitrogens with one attached hydrogen (secondary N) is 1. The number of rotatable bonds is 7. The predicted octanol–water partition coefficient (Wildman–Crippen LogP) is 5.09. The molecule has 0 radical (unpaired) electrons. The maximum Gasteiger partial charge on any atom is 0.255 e. The van der Waals surface area contributed by atoms with Crippen LogP contribution in [0.25, 0.3) is 0 Å². The molecule has 1 fully saturated rings. The van der Waals surface area contributed by atoms with Crippen LogP contribution in [-0.4, -0.2) is 35.6 Å². The molecule has 0 atom stereocenters. The first-order valence-corrected chi connectivity index (χ1v) is 10.6. The van der Waals surface area contributed by atoms with E-state index in [1.54, 1.807) is 23.9 Å². The van der Waals surface area contributed by atoms with Crippen LogP contribution in [0.1, 0.15) is 36.0 Å². The van der Waals surface area contributed by atoms with E-state index in [-0.39, 0.29) is 11.8 Å². The fourth-order valence-corrected chi connectivity index (χ4v) is 4.01. The molecule has 0 unspecified atom stereocenters. The molecule has 1 N–H and O–H groups in total. The molecule has 1 saturated heterocycles. The quantitative estimate of drug-likeness (QED) is 0.518. The number of amides is 2. The zero-order chi connectivity index (χ0) is 19.1. The number of likely N-dealkylation sites (tertiary alicyclic amines) is 1. The molecule has 2 aromatic rings. The molecule has 0 saturated carbocycles. The lowest BCUT2D eigenvalue weighted by atomic mass is 10.1. The number of nitrogens with zero attached hydrogens (tertiary/aromatic N) is 1. The Morgan fingerprint density at radius 1 is 1.04 bits per heavy atom. The number of hydrogen-bond donors (Lipinski definition) is 1. The third kappa shape index (κ3) is 5.75. The maximum absolute atomic E-state index is 12.7. The summed E-state index contributed by atoms with van der Waals surface area (Å²) in [5, 5.41) is 3.63. The van der Waals surface area contributed by atoms with Crippen molar-refractivity contribution in [2.24, 2.45) is 0 Å². The van der Waals surface area contributed by atoms with Crippen molar-refractivity contribution in [2.75, 3.05) is 24.2 Å². The number of halogens is 1. The van der Waals surface area contributed by atoms with Gasteiger partial charge >= 0.3 is 0 Å². The first-order chi connectivity index (χ1) is 13.1. The van der Waals surface area contributed by atoms with Crippen molar-refractivity contribution in [1.82, 2.24) is 4.90 Å². The van der Waals surface area contributed by atoms with Gasteiger partial charge in [0.05, 0.1) is 11.3 Å². The molecule has 0 aliphatic carbocycles. The van der Waals surface area contributed by atoms with E-state index in [0.717, 1.165) is 48.0 Å². The molecule has 142 valence electrons. The van der Waals surface area contributed by atoms with Crippen LogP contribution in [-0.2, 0) is 4.79 Å². The second-order valence-corrected chi connectivity index (χ2v) is 8.10. The molecule has 0 aromatic heterocycles. The van der Waals surface area contributed by atoms with E-state index in [0.29, 0.717) is 17.7 Å². The van der Waals surface area contributed by atoms with E-state index in [1.165, 1.54) is 0 Å². The van der Waals surface area contributed by atoms with E-state index in [1.807, 2.05) is 41.3 Å². The molecule has 1 aliphatic heterocycles. The van der Waals surface area contributed by atoms with Crippen molar-refractivity contribution < 1.29 is 9.59 Å². The molecule has 1 aliphatic rings. The first-order valence-electron chi connectivity index (χ1n) is 9.20. The van der Waals surface area contributed by atoms with E-state index in [2.05, 4.69) is 5.32 Å². The minimum atomic E-state index is -0.0617. The molecule has 3 rings (SSSR count). The third-order valence-corrected chi connectivity index (χ3v) is 5.81. The van der Waals surface area contributed by atoms with Crippen LogP contribution < -0.4 is 5.32 Å². The van der Waals surface area contributed by atoms with Crippen molar-refractivity contribution in [2.45, 2.75) is 30.6 Å².